The van der Waals surface area contributed by atoms with E-state index in [1.807, 2.05) is 30.3 Å². The molecule has 1 aliphatic rings. The van der Waals surface area contributed by atoms with Crippen molar-refractivity contribution in [3.63, 3.8) is 0 Å². The fraction of sp³-hybridized carbons (Fsp3) is 0.160. The molecule has 0 saturated carbocycles. The van der Waals surface area contributed by atoms with E-state index in [0.29, 0.717) is 41.4 Å². The summed E-state index contributed by atoms with van der Waals surface area (Å²) in [5.41, 5.74) is 10.9. The van der Waals surface area contributed by atoms with Crippen molar-refractivity contribution in [2.75, 3.05) is 19.5 Å². The zero-order valence-corrected chi connectivity index (χ0v) is 17.8. The van der Waals surface area contributed by atoms with Crippen LogP contribution in [0.3, 0.4) is 0 Å². The van der Waals surface area contributed by atoms with Crippen molar-refractivity contribution in [2.24, 2.45) is 0 Å². The Labute approximate surface area is 186 Å². The van der Waals surface area contributed by atoms with Crippen molar-refractivity contribution >= 4 is 23.4 Å². The Hall–Kier alpha value is -4.13. The number of aromatic nitrogens is 1. The number of nitrogens with one attached hydrogen (secondary N) is 1. The van der Waals surface area contributed by atoms with Gasteiger partial charge in [0.25, 0.3) is 5.91 Å². The molecule has 0 atom stereocenters. The molecule has 2 aromatic carbocycles. The molecule has 0 aliphatic carbocycles. The van der Waals surface area contributed by atoms with Crippen LogP contribution in [-0.4, -0.2) is 30.3 Å². The number of rotatable bonds is 7. The van der Waals surface area contributed by atoms with Gasteiger partial charge in [-0.05, 0) is 53.1 Å². The normalized spacial score (nSPS) is 12.3. The second-order valence-electron chi connectivity index (χ2n) is 7.41. The van der Waals surface area contributed by atoms with Gasteiger partial charge in [0.1, 0.15) is 17.1 Å². The number of nitrogen functional groups attached to an aromatic ring is 1. The molecule has 7 nitrogen and oxygen atoms in total. The number of fused-ring (bicyclic) bond motifs is 1. The molecule has 4 rings (SSSR count). The summed E-state index contributed by atoms with van der Waals surface area (Å²) in [6, 6.07) is 13.0. The number of hydrogen-bond acceptors (Lipinski definition) is 5. The number of methoxy groups -OCH3 is 1. The van der Waals surface area contributed by atoms with Gasteiger partial charge in [-0.1, -0.05) is 12.1 Å². The summed E-state index contributed by atoms with van der Waals surface area (Å²) < 4.78 is 11.1. The van der Waals surface area contributed by atoms with Crippen molar-refractivity contribution < 1.29 is 19.7 Å². The number of allylic oxidation sites excluding steroid dienone is 1. The van der Waals surface area contributed by atoms with Crippen LogP contribution in [0.1, 0.15) is 32.6 Å². The average Bonchev–Trinajstić information content (AvgIpc) is 3.29. The number of hydrogen-bond donors (Lipinski definition) is 3. The molecule has 32 heavy (non-hydrogen) atoms. The highest BCUT2D eigenvalue weighted by Crippen LogP contribution is 2.30. The van der Waals surface area contributed by atoms with Crippen LogP contribution in [0.4, 0.5) is 5.69 Å². The first-order valence-electron chi connectivity index (χ1n) is 10.3. The first-order chi connectivity index (χ1) is 15.6. The number of benzene rings is 2. The number of anilines is 1. The van der Waals surface area contributed by atoms with Gasteiger partial charge in [0.15, 0.2) is 0 Å². The number of carbonyl (C=O) groups excluding carboxylic acids is 1. The van der Waals surface area contributed by atoms with Crippen molar-refractivity contribution in [2.45, 2.75) is 13.0 Å². The lowest BCUT2D eigenvalue weighted by Gasteiger charge is -2.14. The van der Waals surface area contributed by atoms with E-state index in [1.165, 1.54) is 12.7 Å². The lowest BCUT2D eigenvalue weighted by atomic mass is 10.00. The first-order valence-corrected chi connectivity index (χ1v) is 10.3. The maximum Gasteiger partial charge on any atom is 0.255 e. The Bertz CT molecular complexity index is 1190. The van der Waals surface area contributed by atoms with E-state index in [4.69, 9.17) is 20.6 Å². The molecule has 0 saturated heterocycles. The molecule has 0 spiro atoms. The zero-order chi connectivity index (χ0) is 22.5. The minimum Gasteiger partial charge on any atom is -0.495 e. The van der Waals surface area contributed by atoms with Gasteiger partial charge in [0.05, 0.1) is 19.3 Å². The van der Waals surface area contributed by atoms with Crippen LogP contribution in [0.2, 0.25) is 0 Å². The van der Waals surface area contributed by atoms with E-state index in [-0.39, 0.29) is 5.91 Å². The van der Waals surface area contributed by atoms with Crippen LogP contribution in [0.15, 0.2) is 60.9 Å². The Morgan fingerprint density at radius 2 is 2.19 bits per heavy atom. The SMILES string of the molecule is COc1c(C(=O)NCc2cccnc2)ccc(N)c1C(=[NH2+])/C=C/c1ccc2c(c1)CCO2. The highest BCUT2D eigenvalue weighted by Gasteiger charge is 2.22. The fourth-order valence-corrected chi connectivity index (χ4v) is 3.65. The summed E-state index contributed by atoms with van der Waals surface area (Å²) in [5.74, 6) is 0.968. The summed E-state index contributed by atoms with van der Waals surface area (Å²) in [4.78, 5) is 16.9. The standard InChI is InChI=1S/C25H24N4O3/c1-31-24-19(25(30)29-15-17-3-2-11-28-14-17)6-8-21(27)23(24)20(26)7-4-16-5-9-22-18(13-16)10-12-32-22/h2-9,11,13-14,26H,10,12,15,27H2,1H3,(H,29,30)/p+1/b7-4+,26-20?. The molecule has 0 unspecified atom stereocenters. The average molecular weight is 430 g/mol. The molecule has 2 heterocycles. The molecule has 1 aliphatic heterocycles. The highest BCUT2D eigenvalue weighted by atomic mass is 16.5. The molecule has 0 bridgehead atoms. The second kappa shape index (κ2) is 9.34. The fourth-order valence-electron chi connectivity index (χ4n) is 3.65. The van der Waals surface area contributed by atoms with Crippen LogP contribution in [0.25, 0.3) is 6.08 Å². The smallest absolute Gasteiger partial charge is 0.255 e. The molecule has 0 fully saturated rings. The summed E-state index contributed by atoms with van der Waals surface area (Å²) in [7, 11) is 1.49. The van der Waals surface area contributed by atoms with Gasteiger partial charge < -0.3 is 20.5 Å². The number of nitrogens with zero attached hydrogens (tertiary/aromatic N) is 1. The van der Waals surface area contributed by atoms with Crippen LogP contribution >= 0.6 is 0 Å². The summed E-state index contributed by atoms with van der Waals surface area (Å²) in [5, 5.41) is 9.25. The Morgan fingerprint density at radius 3 is 2.97 bits per heavy atom. The van der Waals surface area contributed by atoms with Gasteiger partial charge >= 0.3 is 0 Å². The van der Waals surface area contributed by atoms with Crippen molar-refractivity contribution in [1.29, 1.82) is 0 Å². The molecular weight excluding hydrogens is 404 g/mol. The zero-order valence-electron chi connectivity index (χ0n) is 17.8. The van der Waals surface area contributed by atoms with Gasteiger partial charge in [-0.25, -0.2) is 0 Å². The van der Waals surface area contributed by atoms with E-state index in [9.17, 15) is 4.79 Å². The highest BCUT2D eigenvalue weighted by molar-refractivity contribution is 6.14. The Morgan fingerprint density at radius 1 is 1.31 bits per heavy atom. The summed E-state index contributed by atoms with van der Waals surface area (Å²) >= 11 is 0. The van der Waals surface area contributed by atoms with E-state index < -0.39 is 0 Å². The van der Waals surface area contributed by atoms with Crippen molar-refractivity contribution in [1.82, 2.24) is 10.3 Å². The topological polar surface area (TPSA) is 112 Å². The van der Waals surface area contributed by atoms with E-state index in [2.05, 4.69) is 16.4 Å². The maximum atomic E-state index is 12.8. The van der Waals surface area contributed by atoms with E-state index >= 15 is 0 Å². The second-order valence-corrected chi connectivity index (χ2v) is 7.41. The molecule has 7 heteroatoms. The Balaban J connectivity index is 1.56. The lowest BCUT2D eigenvalue weighted by molar-refractivity contribution is -0.111. The quantitative estimate of drug-likeness (QED) is 0.392. The van der Waals surface area contributed by atoms with Gasteiger partial charge in [0, 0.05) is 37.1 Å². The molecule has 1 aromatic heterocycles. The van der Waals surface area contributed by atoms with E-state index in [0.717, 1.165) is 23.3 Å². The third kappa shape index (κ3) is 4.46. The Kier molecular flexibility index (Phi) is 6.17. The number of carbonyl (C=O) groups is 1. The summed E-state index contributed by atoms with van der Waals surface area (Å²) in [6.07, 6.45) is 7.95. The minimum absolute atomic E-state index is 0.289. The van der Waals surface area contributed by atoms with Gasteiger partial charge in [-0.2, -0.15) is 0 Å². The van der Waals surface area contributed by atoms with Crippen molar-refractivity contribution in [3.8, 4) is 11.5 Å². The third-order valence-electron chi connectivity index (χ3n) is 5.27. The predicted octanol–water partition coefficient (Wildman–Crippen LogP) is 1.80. The van der Waals surface area contributed by atoms with Gasteiger partial charge in [0.2, 0.25) is 5.71 Å². The van der Waals surface area contributed by atoms with Gasteiger partial charge in [-0.3, -0.25) is 15.2 Å². The monoisotopic (exact) mass is 429 g/mol. The number of pyridine rings is 1. The summed E-state index contributed by atoms with van der Waals surface area (Å²) in [6.45, 7) is 1.05. The van der Waals surface area contributed by atoms with Gasteiger partial charge in [-0.15, -0.1) is 0 Å². The largest absolute Gasteiger partial charge is 0.495 e. The molecule has 0 radical (unpaired) electrons. The van der Waals surface area contributed by atoms with E-state index in [1.54, 1.807) is 30.6 Å². The van der Waals surface area contributed by atoms with Crippen LogP contribution in [0, 0.1) is 0 Å². The molecule has 1 amide bonds. The van der Waals surface area contributed by atoms with Crippen LogP contribution in [-0.2, 0) is 13.0 Å². The molecule has 5 N–H and O–H groups in total. The first kappa shape index (κ1) is 21.1. The lowest BCUT2D eigenvalue weighted by Crippen LogP contribution is -2.40. The number of amides is 1. The molecular formula is C25H25N4O3+. The number of ether oxygens (including phenoxy) is 2. The van der Waals surface area contributed by atoms with Crippen molar-refractivity contribution in [3.05, 3.63) is 88.8 Å². The molecule has 162 valence electrons. The maximum absolute atomic E-state index is 12.8. The minimum atomic E-state index is -0.289. The third-order valence-corrected chi connectivity index (χ3v) is 5.27. The van der Waals surface area contributed by atoms with Crippen LogP contribution < -0.4 is 25.9 Å². The number of nitrogens with two attached hydrogens (primary N) is 2. The molecule has 3 aromatic rings. The van der Waals surface area contributed by atoms with Crippen LogP contribution in [0.5, 0.6) is 11.5 Å². The predicted molar refractivity (Wildman–Crippen MR) is 124 cm³/mol.